The van der Waals surface area contributed by atoms with Gasteiger partial charge in [0.05, 0.1) is 0 Å². The van der Waals surface area contributed by atoms with E-state index in [1.165, 1.54) is 0 Å². The first-order valence-electron chi connectivity index (χ1n) is 4.60. The molecule has 1 N–H and O–H groups in total. The van der Waals surface area contributed by atoms with Crippen molar-refractivity contribution in [3.05, 3.63) is 36.4 Å². The van der Waals surface area contributed by atoms with Crippen molar-refractivity contribution in [2.24, 2.45) is 0 Å². The monoisotopic (exact) mass is 205 g/mol. The third kappa shape index (κ3) is 1.93. The minimum Gasteiger partial charge on any atom is -0.454 e. The molecule has 4 nitrogen and oxygen atoms in total. The highest BCUT2D eigenvalue weighted by Gasteiger charge is 2.15. The topological polar surface area (TPSA) is 47.6 Å². The molecule has 0 saturated heterocycles. The molecule has 0 unspecified atom stereocenters. The molecule has 4 heteroatoms. The lowest BCUT2D eigenvalue weighted by Crippen LogP contribution is -2.22. The summed E-state index contributed by atoms with van der Waals surface area (Å²) in [5.41, 5.74) is 0.557. The lowest BCUT2D eigenvalue weighted by Gasteiger charge is -2.03. The highest BCUT2D eigenvalue weighted by Crippen LogP contribution is 2.32. The lowest BCUT2D eigenvalue weighted by atomic mass is 10.2. The number of amides is 1. The summed E-state index contributed by atoms with van der Waals surface area (Å²) in [4.78, 5) is 11.5. The van der Waals surface area contributed by atoms with E-state index in [4.69, 9.17) is 9.47 Å². The third-order valence-corrected chi connectivity index (χ3v) is 2.04. The molecule has 0 saturated carbocycles. The van der Waals surface area contributed by atoms with Crippen molar-refractivity contribution in [2.75, 3.05) is 13.3 Å². The van der Waals surface area contributed by atoms with Crippen LogP contribution in [0.4, 0.5) is 0 Å². The van der Waals surface area contributed by atoms with Crippen molar-refractivity contribution in [3.63, 3.8) is 0 Å². The average molecular weight is 205 g/mol. The van der Waals surface area contributed by atoms with E-state index in [-0.39, 0.29) is 12.7 Å². The zero-order valence-electron chi connectivity index (χ0n) is 8.16. The molecule has 0 radical (unpaired) electrons. The Morgan fingerprint density at radius 2 is 2.27 bits per heavy atom. The van der Waals surface area contributed by atoms with E-state index in [0.717, 1.165) is 0 Å². The Labute approximate surface area is 87.5 Å². The number of hydrogen-bond acceptors (Lipinski definition) is 3. The summed E-state index contributed by atoms with van der Waals surface area (Å²) in [6.45, 7) is 4.19. The molecule has 0 atom stereocenters. The van der Waals surface area contributed by atoms with Crippen LogP contribution in [0.3, 0.4) is 0 Å². The Bertz CT molecular complexity index is 401. The summed E-state index contributed by atoms with van der Waals surface area (Å²) >= 11 is 0. The first kappa shape index (κ1) is 9.58. The fourth-order valence-electron chi connectivity index (χ4n) is 1.30. The maximum absolute atomic E-state index is 11.5. The van der Waals surface area contributed by atoms with Crippen molar-refractivity contribution >= 4 is 5.91 Å². The fourth-order valence-corrected chi connectivity index (χ4v) is 1.30. The summed E-state index contributed by atoms with van der Waals surface area (Å²) in [7, 11) is 0. The normalized spacial score (nSPS) is 12.3. The van der Waals surface area contributed by atoms with E-state index in [2.05, 4.69) is 11.9 Å². The number of nitrogens with one attached hydrogen (secondary N) is 1. The second-order valence-corrected chi connectivity index (χ2v) is 3.07. The molecule has 0 aromatic heterocycles. The zero-order valence-corrected chi connectivity index (χ0v) is 8.16. The van der Waals surface area contributed by atoms with Crippen LogP contribution in [0.1, 0.15) is 10.4 Å². The minimum atomic E-state index is -0.145. The number of hydrogen-bond donors (Lipinski definition) is 1. The van der Waals surface area contributed by atoms with E-state index in [1.807, 2.05) is 0 Å². The number of carbonyl (C=O) groups excluding carboxylic acids is 1. The first-order chi connectivity index (χ1) is 7.31. The molecular weight excluding hydrogens is 194 g/mol. The van der Waals surface area contributed by atoms with E-state index in [0.29, 0.717) is 23.6 Å². The average Bonchev–Trinajstić information content (AvgIpc) is 2.72. The maximum Gasteiger partial charge on any atom is 0.251 e. The van der Waals surface area contributed by atoms with Gasteiger partial charge >= 0.3 is 0 Å². The van der Waals surface area contributed by atoms with Crippen LogP contribution >= 0.6 is 0 Å². The van der Waals surface area contributed by atoms with Crippen LogP contribution in [0.15, 0.2) is 30.9 Å². The summed E-state index contributed by atoms with van der Waals surface area (Å²) in [5, 5.41) is 2.69. The van der Waals surface area contributed by atoms with Crippen molar-refractivity contribution in [3.8, 4) is 11.5 Å². The van der Waals surface area contributed by atoms with Crippen molar-refractivity contribution in [1.82, 2.24) is 5.32 Å². The van der Waals surface area contributed by atoms with Crippen LogP contribution < -0.4 is 14.8 Å². The van der Waals surface area contributed by atoms with Crippen LogP contribution in [-0.2, 0) is 0 Å². The second kappa shape index (κ2) is 4.04. The molecule has 0 fully saturated rings. The Kier molecular flexibility index (Phi) is 2.58. The van der Waals surface area contributed by atoms with Gasteiger partial charge in [0.2, 0.25) is 6.79 Å². The third-order valence-electron chi connectivity index (χ3n) is 2.04. The van der Waals surface area contributed by atoms with Gasteiger partial charge in [0.25, 0.3) is 5.91 Å². The molecule has 0 bridgehead atoms. The van der Waals surface area contributed by atoms with E-state index in [9.17, 15) is 4.79 Å². The van der Waals surface area contributed by atoms with E-state index in [1.54, 1.807) is 24.3 Å². The van der Waals surface area contributed by atoms with Crippen LogP contribution in [0.5, 0.6) is 11.5 Å². The highest BCUT2D eigenvalue weighted by molar-refractivity contribution is 5.95. The predicted octanol–water partition coefficient (Wildman–Crippen LogP) is 1.33. The molecule has 1 heterocycles. The number of carbonyl (C=O) groups is 1. The van der Waals surface area contributed by atoms with Gasteiger partial charge in [-0.15, -0.1) is 6.58 Å². The van der Waals surface area contributed by atoms with Gasteiger partial charge in [-0.2, -0.15) is 0 Å². The first-order valence-corrected chi connectivity index (χ1v) is 4.60. The molecule has 0 spiro atoms. The van der Waals surface area contributed by atoms with Crippen LogP contribution in [0.2, 0.25) is 0 Å². The van der Waals surface area contributed by atoms with Gasteiger partial charge in [-0.3, -0.25) is 4.79 Å². The maximum atomic E-state index is 11.5. The van der Waals surface area contributed by atoms with Gasteiger partial charge < -0.3 is 14.8 Å². The van der Waals surface area contributed by atoms with Gasteiger partial charge in [0, 0.05) is 12.1 Å². The van der Waals surface area contributed by atoms with Gasteiger partial charge in [-0.1, -0.05) is 6.08 Å². The Hall–Kier alpha value is -1.97. The molecule has 1 aromatic rings. The highest BCUT2D eigenvalue weighted by atomic mass is 16.7. The molecule has 0 aliphatic carbocycles. The molecule has 1 aliphatic rings. The summed E-state index contributed by atoms with van der Waals surface area (Å²) in [6.07, 6.45) is 1.63. The van der Waals surface area contributed by atoms with Gasteiger partial charge in [-0.05, 0) is 18.2 Å². The standard InChI is InChI=1S/C11H11NO3/c1-2-5-12-11(13)8-3-4-9-10(6-8)15-7-14-9/h2-4,6H,1,5,7H2,(H,12,13). The number of fused-ring (bicyclic) bond motifs is 1. The Morgan fingerprint density at radius 3 is 3.07 bits per heavy atom. The smallest absolute Gasteiger partial charge is 0.251 e. The molecular formula is C11H11NO3. The summed E-state index contributed by atoms with van der Waals surface area (Å²) in [5.74, 6) is 1.14. The number of ether oxygens (including phenoxy) is 2. The fraction of sp³-hybridized carbons (Fsp3) is 0.182. The van der Waals surface area contributed by atoms with Crippen molar-refractivity contribution in [1.29, 1.82) is 0 Å². The summed E-state index contributed by atoms with van der Waals surface area (Å²) < 4.78 is 10.3. The SMILES string of the molecule is C=CCNC(=O)c1ccc2c(c1)OCO2. The Balaban J connectivity index is 2.15. The largest absolute Gasteiger partial charge is 0.454 e. The van der Waals surface area contributed by atoms with Crippen LogP contribution in [0.25, 0.3) is 0 Å². The number of rotatable bonds is 3. The van der Waals surface area contributed by atoms with Gasteiger partial charge in [-0.25, -0.2) is 0 Å². The van der Waals surface area contributed by atoms with Gasteiger partial charge in [0.15, 0.2) is 11.5 Å². The van der Waals surface area contributed by atoms with Crippen molar-refractivity contribution in [2.45, 2.75) is 0 Å². The van der Waals surface area contributed by atoms with Gasteiger partial charge in [0.1, 0.15) is 0 Å². The molecule has 1 aromatic carbocycles. The van der Waals surface area contributed by atoms with E-state index >= 15 is 0 Å². The molecule has 1 amide bonds. The van der Waals surface area contributed by atoms with Crippen LogP contribution in [-0.4, -0.2) is 19.2 Å². The molecule has 15 heavy (non-hydrogen) atoms. The van der Waals surface area contributed by atoms with Crippen molar-refractivity contribution < 1.29 is 14.3 Å². The predicted molar refractivity (Wildman–Crippen MR) is 55.1 cm³/mol. The van der Waals surface area contributed by atoms with E-state index < -0.39 is 0 Å². The lowest BCUT2D eigenvalue weighted by molar-refractivity contribution is 0.0957. The zero-order chi connectivity index (χ0) is 10.7. The molecule has 2 rings (SSSR count). The minimum absolute atomic E-state index is 0.145. The quantitative estimate of drug-likeness (QED) is 0.757. The second-order valence-electron chi connectivity index (χ2n) is 3.07. The Morgan fingerprint density at radius 1 is 1.47 bits per heavy atom. The summed E-state index contributed by atoms with van der Waals surface area (Å²) in [6, 6.07) is 5.10. The van der Waals surface area contributed by atoms with Crippen LogP contribution in [0, 0.1) is 0 Å². The molecule has 1 aliphatic heterocycles. The molecule has 78 valence electrons. The number of benzene rings is 1.